The summed E-state index contributed by atoms with van der Waals surface area (Å²) >= 11 is 0. The molecular formula is C13H16N2O3. The number of fused-ring (bicyclic) bond motifs is 1. The van der Waals surface area contributed by atoms with Crippen molar-refractivity contribution in [3.63, 3.8) is 0 Å². The molecule has 1 aromatic heterocycles. The van der Waals surface area contributed by atoms with E-state index in [0.717, 1.165) is 11.1 Å². The van der Waals surface area contributed by atoms with Crippen LogP contribution in [0.3, 0.4) is 0 Å². The van der Waals surface area contributed by atoms with E-state index in [2.05, 4.69) is 5.10 Å². The predicted molar refractivity (Wildman–Crippen MR) is 67.4 cm³/mol. The first-order valence-electron chi connectivity index (χ1n) is 5.70. The van der Waals surface area contributed by atoms with Crippen molar-refractivity contribution in [3.8, 4) is 5.75 Å². The zero-order valence-corrected chi connectivity index (χ0v) is 10.9. The Morgan fingerprint density at radius 2 is 2.06 bits per heavy atom. The van der Waals surface area contributed by atoms with Crippen molar-refractivity contribution in [2.75, 3.05) is 0 Å². The summed E-state index contributed by atoms with van der Waals surface area (Å²) in [5.41, 5.74) is 1.22. The third kappa shape index (κ3) is 2.16. The maximum Gasteiger partial charge on any atom is 0.331 e. The highest BCUT2D eigenvalue weighted by Gasteiger charge is 2.23. The van der Waals surface area contributed by atoms with Crippen LogP contribution in [0.4, 0.5) is 0 Å². The van der Waals surface area contributed by atoms with Crippen LogP contribution in [0.2, 0.25) is 0 Å². The summed E-state index contributed by atoms with van der Waals surface area (Å²) < 4.78 is 0. The molecule has 2 aromatic rings. The molecule has 1 N–H and O–H groups in total. The van der Waals surface area contributed by atoms with Gasteiger partial charge in [0.2, 0.25) is 0 Å². The molecule has 0 saturated heterocycles. The molecule has 5 heteroatoms. The van der Waals surface area contributed by atoms with E-state index in [4.69, 9.17) is 4.84 Å². The van der Waals surface area contributed by atoms with Gasteiger partial charge in [-0.15, -0.1) is 5.10 Å². The van der Waals surface area contributed by atoms with E-state index in [1.807, 2.05) is 20.8 Å². The van der Waals surface area contributed by atoms with Gasteiger partial charge in [-0.25, -0.2) is 4.79 Å². The highest BCUT2D eigenvalue weighted by Crippen LogP contribution is 2.30. The highest BCUT2D eigenvalue weighted by atomic mass is 16.7. The summed E-state index contributed by atoms with van der Waals surface area (Å²) in [6.07, 6.45) is 0. The quantitative estimate of drug-likeness (QED) is 0.838. The maximum absolute atomic E-state index is 11.1. The summed E-state index contributed by atoms with van der Waals surface area (Å²) in [6, 6.07) is 4.84. The Labute approximate surface area is 105 Å². The fourth-order valence-corrected chi connectivity index (χ4v) is 1.82. The van der Waals surface area contributed by atoms with Crippen LogP contribution >= 0.6 is 0 Å². The second kappa shape index (κ2) is 4.01. The van der Waals surface area contributed by atoms with Gasteiger partial charge in [0.1, 0.15) is 11.3 Å². The number of aromatic hydroxyl groups is 1. The molecule has 0 spiro atoms. The Bertz CT molecular complexity index is 608. The smallest absolute Gasteiger partial charge is 0.331 e. The topological polar surface area (TPSA) is 64.4 Å². The van der Waals surface area contributed by atoms with Crippen LogP contribution in [0.15, 0.2) is 18.2 Å². The number of phenolic OH excluding ortho intramolecular Hbond substituents is 1. The molecule has 5 nitrogen and oxygen atoms in total. The average Bonchev–Trinajstić information content (AvgIpc) is 2.55. The fraction of sp³-hybridized carbons (Fsp3) is 0.385. The SMILES string of the molecule is CC(=O)On1nc(C(C)(C)C)c2cc(O)ccc21. The molecule has 0 radical (unpaired) electrons. The minimum absolute atomic E-state index is 0.162. The number of aromatic nitrogens is 2. The van der Waals surface area contributed by atoms with Gasteiger partial charge >= 0.3 is 5.97 Å². The second-order valence-electron chi connectivity index (χ2n) is 5.26. The lowest BCUT2D eigenvalue weighted by atomic mass is 9.90. The number of hydrogen-bond donors (Lipinski definition) is 1. The third-order valence-electron chi connectivity index (χ3n) is 2.56. The Kier molecular flexibility index (Phi) is 2.77. The second-order valence-corrected chi connectivity index (χ2v) is 5.26. The van der Waals surface area contributed by atoms with Gasteiger partial charge in [-0.05, 0) is 18.2 Å². The largest absolute Gasteiger partial charge is 0.508 e. The highest BCUT2D eigenvalue weighted by molar-refractivity contribution is 5.84. The van der Waals surface area contributed by atoms with Crippen molar-refractivity contribution in [1.82, 2.24) is 9.94 Å². The summed E-state index contributed by atoms with van der Waals surface area (Å²) in [4.78, 5) is 17.3. The summed E-state index contributed by atoms with van der Waals surface area (Å²) in [5, 5.41) is 14.7. The van der Waals surface area contributed by atoms with E-state index in [1.54, 1.807) is 12.1 Å². The number of rotatable bonds is 1. The van der Waals surface area contributed by atoms with E-state index < -0.39 is 5.97 Å². The normalized spacial score (nSPS) is 11.8. The van der Waals surface area contributed by atoms with Crippen molar-refractivity contribution in [2.45, 2.75) is 33.1 Å². The molecule has 0 unspecified atom stereocenters. The number of nitrogens with zero attached hydrogens (tertiary/aromatic N) is 2. The molecule has 1 aromatic carbocycles. The minimum Gasteiger partial charge on any atom is -0.508 e. The number of phenols is 1. The van der Waals surface area contributed by atoms with Gasteiger partial charge in [0.25, 0.3) is 0 Å². The van der Waals surface area contributed by atoms with Crippen molar-refractivity contribution in [3.05, 3.63) is 23.9 Å². The first-order chi connectivity index (χ1) is 8.29. The molecule has 2 rings (SSSR count). The van der Waals surface area contributed by atoms with Gasteiger partial charge in [0.05, 0.1) is 5.69 Å². The van der Waals surface area contributed by atoms with E-state index in [1.165, 1.54) is 17.8 Å². The Morgan fingerprint density at radius 1 is 1.39 bits per heavy atom. The molecule has 0 fully saturated rings. The molecule has 0 saturated carbocycles. The van der Waals surface area contributed by atoms with Gasteiger partial charge < -0.3 is 9.94 Å². The molecular weight excluding hydrogens is 232 g/mol. The van der Waals surface area contributed by atoms with E-state index in [-0.39, 0.29) is 11.2 Å². The van der Waals surface area contributed by atoms with E-state index in [0.29, 0.717) is 5.52 Å². The maximum atomic E-state index is 11.1. The van der Waals surface area contributed by atoms with Crippen molar-refractivity contribution < 1.29 is 14.7 Å². The van der Waals surface area contributed by atoms with Crippen LogP contribution in [0, 0.1) is 0 Å². The number of hydrogen-bond acceptors (Lipinski definition) is 4. The molecule has 96 valence electrons. The monoisotopic (exact) mass is 248 g/mol. The molecule has 0 aliphatic carbocycles. The molecule has 1 heterocycles. The molecule has 0 atom stereocenters. The van der Waals surface area contributed by atoms with E-state index >= 15 is 0 Å². The van der Waals surface area contributed by atoms with Crippen molar-refractivity contribution >= 4 is 16.9 Å². The summed E-state index contributed by atoms with van der Waals surface area (Å²) in [5.74, 6) is -0.275. The van der Waals surface area contributed by atoms with Crippen LogP contribution in [0.5, 0.6) is 5.75 Å². The molecule has 0 aliphatic heterocycles. The first kappa shape index (κ1) is 12.4. The molecule has 18 heavy (non-hydrogen) atoms. The standard InChI is InChI=1S/C13H16N2O3/c1-8(16)18-15-11-6-5-9(17)7-10(11)12(14-15)13(2,3)4/h5-7,17H,1-4H3. The van der Waals surface area contributed by atoms with Crippen LogP contribution in [-0.4, -0.2) is 21.0 Å². The van der Waals surface area contributed by atoms with Gasteiger partial charge in [-0.2, -0.15) is 0 Å². The van der Waals surface area contributed by atoms with Gasteiger partial charge in [-0.1, -0.05) is 25.6 Å². The number of benzene rings is 1. The van der Waals surface area contributed by atoms with Gasteiger partial charge in [0, 0.05) is 17.7 Å². The molecule has 0 amide bonds. The number of carbonyl (C=O) groups is 1. The lowest BCUT2D eigenvalue weighted by Crippen LogP contribution is -2.19. The van der Waals surface area contributed by atoms with Crippen LogP contribution in [0.25, 0.3) is 10.9 Å². The lowest BCUT2D eigenvalue weighted by Gasteiger charge is -2.15. The molecule has 0 bridgehead atoms. The van der Waals surface area contributed by atoms with Crippen LogP contribution in [0.1, 0.15) is 33.4 Å². The van der Waals surface area contributed by atoms with Crippen LogP contribution < -0.4 is 4.84 Å². The average molecular weight is 248 g/mol. The van der Waals surface area contributed by atoms with Crippen molar-refractivity contribution in [1.29, 1.82) is 0 Å². The fourth-order valence-electron chi connectivity index (χ4n) is 1.82. The van der Waals surface area contributed by atoms with Gasteiger partial charge in [0.15, 0.2) is 0 Å². The first-order valence-corrected chi connectivity index (χ1v) is 5.70. The third-order valence-corrected chi connectivity index (χ3v) is 2.56. The Morgan fingerprint density at radius 3 is 2.61 bits per heavy atom. The van der Waals surface area contributed by atoms with E-state index in [9.17, 15) is 9.90 Å². The molecule has 0 aliphatic rings. The predicted octanol–water partition coefficient (Wildman–Crippen LogP) is 2.01. The zero-order valence-electron chi connectivity index (χ0n) is 10.9. The van der Waals surface area contributed by atoms with Crippen LogP contribution in [-0.2, 0) is 10.2 Å². The van der Waals surface area contributed by atoms with Crippen molar-refractivity contribution in [2.24, 2.45) is 0 Å². The summed E-state index contributed by atoms with van der Waals surface area (Å²) in [6.45, 7) is 7.36. The lowest BCUT2D eigenvalue weighted by molar-refractivity contribution is -0.142. The zero-order chi connectivity index (χ0) is 13.5. The Balaban J connectivity index is 2.71. The Hall–Kier alpha value is -2.04. The summed E-state index contributed by atoms with van der Waals surface area (Å²) in [7, 11) is 0. The van der Waals surface area contributed by atoms with Gasteiger partial charge in [-0.3, -0.25) is 0 Å². The number of carbonyl (C=O) groups excluding carboxylic acids is 1. The minimum atomic E-state index is -0.437.